The van der Waals surface area contributed by atoms with Crippen LogP contribution in [-0.2, 0) is 0 Å². The van der Waals surface area contributed by atoms with Gasteiger partial charge in [-0.3, -0.25) is 0 Å². The van der Waals surface area contributed by atoms with E-state index in [9.17, 15) is 10.2 Å². The Labute approximate surface area is 87.4 Å². The molecule has 4 heteroatoms. The van der Waals surface area contributed by atoms with Gasteiger partial charge in [-0.1, -0.05) is 13.3 Å². The molecule has 0 aromatic rings. The Hall–Kier alpha value is 0.170. The van der Waals surface area contributed by atoms with E-state index in [1.54, 1.807) is 6.92 Å². The van der Waals surface area contributed by atoms with Crippen LogP contribution in [0, 0.1) is 0 Å². The van der Waals surface area contributed by atoms with Gasteiger partial charge in [-0.15, -0.1) is 0 Å². The molecule has 0 aliphatic rings. The van der Waals surface area contributed by atoms with Gasteiger partial charge in [0, 0.05) is 0 Å². The van der Waals surface area contributed by atoms with Gasteiger partial charge in [-0.05, 0) is 13.3 Å². The first-order chi connectivity index (χ1) is 5.41. The number of likely N-dealkylation sites (N-methyl/N-ethyl adjacent to an activating group) is 1. The Bertz CT molecular complexity index is 129. The third kappa shape index (κ3) is 5.47. The van der Waals surface area contributed by atoms with E-state index in [1.165, 1.54) is 0 Å². The molecule has 0 amide bonds. The van der Waals surface area contributed by atoms with Crippen LogP contribution >= 0.6 is 0 Å². The summed E-state index contributed by atoms with van der Waals surface area (Å²) < 4.78 is 0.478. The highest BCUT2D eigenvalue weighted by Gasteiger charge is 2.29. The summed E-state index contributed by atoms with van der Waals surface area (Å²) in [6.07, 6.45) is 0.874. The van der Waals surface area contributed by atoms with Crippen molar-refractivity contribution in [1.82, 2.24) is 0 Å². The molecule has 0 spiro atoms. The van der Waals surface area contributed by atoms with E-state index in [0.717, 1.165) is 19.4 Å². The molecular weight excluding hydrogens is 190 g/mol. The normalized spacial score (nSPS) is 16.2. The third-order valence-corrected chi connectivity index (χ3v) is 2.24. The molecule has 0 heterocycles. The number of halogens is 1. The summed E-state index contributed by atoms with van der Waals surface area (Å²) in [7, 11) is 3.88. The Morgan fingerprint density at radius 3 is 2.00 bits per heavy atom. The van der Waals surface area contributed by atoms with Crippen molar-refractivity contribution in [2.24, 2.45) is 0 Å². The van der Waals surface area contributed by atoms with Crippen LogP contribution < -0.4 is 12.4 Å². The summed E-state index contributed by atoms with van der Waals surface area (Å²) in [6.45, 7) is 4.65. The Kier molecular flexibility index (Phi) is 7.93. The predicted octanol–water partition coefficient (Wildman–Crippen LogP) is -2.43. The van der Waals surface area contributed by atoms with Gasteiger partial charge in [0.2, 0.25) is 6.23 Å². The fourth-order valence-electron chi connectivity index (χ4n) is 1.28. The molecule has 0 rings (SSSR count). The Balaban J connectivity index is 0. The van der Waals surface area contributed by atoms with Crippen LogP contribution in [0.4, 0.5) is 0 Å². The van der Waals surface area contributed by atoms with E-state index in [4.69, 9.17) is 0 Å². The molecule has 3 nitrogen and oxygen atoms in total. The van der Waals surface area contributed by atoms with Gasteiger partial charge in [0.1, 0.15) is 6.10 Å². The average molecular weight is 212 g/mol. The Morgan fingerprint density at radius 1 is 1.23 bits per heavy atom. The zero-order valence-corrected chi connectivity index (χ0v) is 9.75. The summed E-state index contributed by atoms with van der Waals surface area (Å²) in [5.74, 6) is 0. The molecule has 0 aliphatic carbocycles. The largest absolute Gasteiger partial charge is 1.00 e. The highest BCUT2D eigenvalue weighted by molar-refractivity contribution is 4.50. The van der Waals surface area contributed by atoms with Crippen molar-refractivity contribution in [1.29, 1.82) is 0 Å². The van der Waals surface area contributed by atoms with E-state index < -0.39 is 12.3 Å². The second-order valence-corrected chi connectivity index (χ2v) is 4.01. The minimum absolute atomic E-state index is 0. The molecule has 0 aromatic carbocycles. The van der Waals surface area contributed by atoms with E-state index in [0.29, 0.717) is 4.48 Å². The molecule has 13 heavy (non-hydrogen) atoms. The minimum atomic E-state index is -0.670. The average Bonchev–Trinajstić information content (AvgIpc) is 1.99. The topological polar surface area (TPSA) is 40.5 Å². The molecule has 0 aromatic heterocycles. The van der Waals surface area contributed by atoms with Gasteiger partial charge in [-0.2, -0.15) is 0 Å². The molecular formula is C9H22ClNO2. The zero-order valence-electron chi connectivity index (χ0n) is 9.00. The predicted molar refractivity (Wildman–Crippen MR) is 49.6 cm³/mol. The highest BCUT2D eigenvalue weighted by Crippen LogP contribution is 2.09. The lowest BCUT2D eigenvalue weighted by atomic mass is 10.2. The number of quaternary nitrogens is 1. The van der Waals surface area contributed by atoms with Gasteiger partial charge in [0.25, 0.3) is 0 Å². The minimum Gasteiger partial charge on any atom is -1.00 e. The second kappa shape index (κ2) is 6.60. The monoisotopic (exact) mass is 211 g/mol. The lowest BCUT2D eigenvalue weighted by Gasteiger charge is -2.35. The molecule has 2 atom stereocenters. The molecule has 0 saturated carbocycles. The van der Waals surface area contributed by atoms with Crippen LogP contribution in [0.15, 0.2) is 0 Å². The maximum atomic E-state index is 9.60. The van der Waals surface area contributed by atoms with Gasteiger partial charge in [-0.25, -0.2) is 0 Å². The standard InChI is InChI=1S/C9H22NO2.ClH/c1-5-6-7-10(3,4)9(12)8(2)11;/h8-9,11-12H,5-7H2,1-4H3;1H/q+1;/p-1. The van der Waals surface area contributed by atoms with E-state index in [2.05, 4.69) is 6.92 Å². The molecule has 82 valence electrons. The van der Waals surface area contributed by atoms with Crippen molar-refractivity contribution in [2.75, 3.05) is 20.6 Å². The van der Waals surface area contributed by atoms with Crippen molar-refractivity contribution < 1.29 is 27.1 Å². The number of rotatable bonds is 5. The molecule has 0 fully saturated rings. The fourth-order valence-corrected chi connectivity index (χ4v) is 1.28. The van der Waals surface area contributed by atoms with Crippen LogP contribution in [0.25, 0.3) is 0 Å². The molecule has 0 aliphatic heterocycles. The van der Waals surface area contributed by atoms with Crippen molar-refractivity contribution in [3.8, 4) is 0 Å². The summed E-state index contributed by atoms with van der Waals surface area (Å²) in [6, 6.07) is 0. The highest BCUT2D eigenvalue weighted by atomic mass is 35.5. The van der Waals surface area contributed by atoms with E-state index in [-0.39, 0.29) is 12.4 Å². The van der Waals surface area contributed by atoms with Gasteiger partial charge in [0.15, 0.2) is 0 Å². The first-order valence-electron chi connectivity index (χ1n) is 4.60. The Morgan fingerprint density at radius 2 is 1.69 bits per heavy atom. The summed E-state index contributed by atoms with van der Waals surface area (Å²) in [5.41, 5.74) is 0. The van der Waals surface area contributed by atoms with Gasteiger partial charge >= 0.3 is 0 Å². The van der Waals surface area contributed by atoms with Crippen LogP contribution in [0.2, 0.25) is 0 Å². The van der Waals surface area contributed by atoms with Gasteiger partial charge < -0.3 is 27.1 Å². The van der Waals surface area contributed by atoms with Crippen LogP contribution in [-0.4, -0.2) is 47.7 Å². The van der Waals surface area contributed by atoms with Crippen molar-refractivity contribution in [2.45, 2.75) is 39.0 Å². The zero-order chi connectivity index (χ0) is 9.78. The molecule has 0 bridgehead atoms. The van der Waals surface area contributed by atoms with Crippen molar-refractivity contribution >= 4 is 0 Å². The van der Waals surface area contributed by atoms with Crippen LogP contribution in [0.1, 0.15) is 26.7 Å². The van der Waals surface area contributed by atoms with Gasteiger partial charge in [0.05, 0.1) is 20.6 Å². The van der Waals surface area contributed by atoms with Crippen molar-refractivity contribution in [3.63, 3.8) is 0 Å². The molecule has 0 radical (unpaired) electrons. The first-order valence-corrected chi connectivity index (χ1v) is 4.60. The summed E-state index contributed by atoms with van der Waals surface area (Å²) in [4.78, 5) is 0. The van der Waals surface area contributed by atoms with E-state index >= 15 is 0 Å². The molecule has 2 N–H and O–H groups in total. The SMILES string of the molecule is CCCC[N+](C)(C)C(O)C(C)O.[Cl-]. The van der Waals surface area contributed by atoms with Crippen LogP contribution in [0.3, 0.4) is 0 Å². The smallest absolute Gasteiger partial charge is 0.216 e. The fraction of sp³-hybridized carbons (Fsp3) is 1.00. The van der Waals surface area contributed by atoms with Crippen LogP contribution in [0.5, 0.6) is 0 Å². The molecule has 0 saturated heterocycles. The second-order valence-electron chi connectivity index (χ2n) is 4.01. The quantitative estimate of drug-likeness (QED) is 0.392. The maximum Gasteiger partial charge on any atom is 0.216 e. The maximum absolute atomic E-state index is 9.60. The van der Waals surface area contributed by atoms with E-state index in [1.807, 2.05) is 14.1 Å². The number of unbranched alkanes of at least 4 members (excludes halogenated alkanes) is 1. The third-order valence-electron chi connectivity index (χ3n) is 2.24. The lowest BCUT2D eigenvalue weighted by molar-refractivity contribution is -0.940. The number of nitrogens with zero attached hydrogens (tertiary/aromatic N) is 1. The first kappa shape index (κ1) is 15.6. The lowest BCUT2D eigenvalue weighted by Crippen LogP contribution is -3.00. The number of hydrogen-bond donors (Lipinski definition) is 2. The molecule has 2 unspecified atom stereocenters. The summed E-state index contributed by atoms with van der Waals surface area (Å²) >= 11 is 0. The number of aliphatic hydroxyl groups is 2. The number of aliphatic hydroxyl groups excluding tert-OH is 2. The number of hydrogen-bond acceptors (Lipinski definition) is 2. The summed E-state index contributed by atoms with van der Waals surface area (Å²) in [5, 5.41) is 18.8. The van der Waals surface area contributed by atoms with Crippen molar-refractivity contribution in [3.05, 3.63) is 0 Å².